The molecule has 2 aromatic carbocycles. The third-order valence-corrected chi connectivity index (χ3v) is 8.83. The van der Waals surface area contributed by atoms with Gasteiger partial charge in [-0.25, -0.2) is 9.78 Å². The molecule has 1 N–H and O–H groups in total. The topological polar surface area (TPSA) is 71.5 Å². The number of nitrogens with one attached hydrogen (secondary N) is 1. The van der Waals surface area contributed by atoms with Crippen molar-refractivity contribution in [3.63, 3.8) is 0 Å². The number of benzene rings is 2. The molecule has 1 aliphatic rings. The van der Waals surface area contributed by atoms with E-state index in [2.05, 4.69) is 18.3 Å². The van der Waals surface area contributed by atoms with Gasteiger partial charge in [-0.3, -0.25) is 4.79 Å². The quantitative estimate of drug-likeness (QED) is 0.278. The van der Waals surface area contributed by atoms with E-state index >= 15 is 0 Å². The van der Waals surface area contributed by atoms with Crippen LogP contribution in [0.15, 0.2) is 53.4 Å². The molecule has 0 radical (unpaired) electrons. The standard InChI is InChI=1S/C26H25N3O3S3/c1-3-32-26(31)29-14-13-18-21(15-29)35-25(22(18)24-27-19-7-5-6-8-20(19)34-24)28-23(30)16-9-11-17(12-10-16)33-4-2/h5-12H,3-4,13-15H2,1-2H3,(H,28,30). The highest BCUT2D eigenvalue weighted by molar-refractivity contribution is 7.99. The van der Waals surface area contributed by atoms with Gasteiger partial charge in [0.1, 0.15) is 10.0 Å². The Bertz CT molecular complexity index is 1340. The monoisotopic (exact) mass is 523 g/mol. The highest BCUT2D eigenvalue weighted by atomic mass is 32.2. The van der Waals surface area contributed by atoms with Crippen LogP contribution in [0, 0.1) is 0 Å². The van der Waals surface area contributed by atoms with Crippen LogP contribution in [0.25, 0.3) is 20.8 Å². The van der Waals surface area contributed by atoms with Crippen LogP contribution >= 0.6 is 34.4 Å². The lowest BCUT2D eigenvalue weighted by Crippen LogP contribution is -2.35. The molecule has 4 aromatic rings. The highest BCUT2D eigenvalue weighted by Gasteiger charge is 2.30. The average molecular weight is 524 g/mol. The van der Waals surface area contributed by atoms with Crippen molar-refractivity contribution in [2.45, 2.75) is 31.7 Å². The molecule has 3 heterocycles. The molecule has 0 saturated heterocycles. The maximum Gasteiger partial charge on any atom is 0.410 e. The van der Waals surface area contributed by atoms with Crippen molar-refractivity contribution < 1.29 is 14.3 Å². The summed E-state index contributed by atoms with van der Waals surface area (Å²) >= 11 is 4.89. The molecular formula is C26H25N3O3S3. The Balaban J connectivity index is 1.50. The fourth-order valence-electron chi connectivity index (χ4n) is 4.11. The first-order valence-electron chi connectivity index (χ1n) is 11.5. The number of hydrogen-bond donors (Lipinski definition) is 1. The van der Waals surface area contributed by atoms with Gasteiger partial charge in [-0.2, -0.15) is 0 Å². The third-order valence-electron chi connectivity index (χ3n) is 5.75. The number of para-hydroxylation sites is 1. The van der Waals surface area contributed by atoms with Crippen LogP contribution in [-0.2, 0) is 17.7 Å². The number of nitrogens with zero attached hydrogens (tertiary/aromatic N) is 2. The fourth-order valence-corrected chi connectivity index (χ4v) is 7.14. The number of anilines is 1. The molecule has 0 saturated carbocycles. The lowest BCUT2D eigenvalue weighted by Gasteiger charge is -2.26. The number of carbonyl (C=O) groups excluding carboxylic acids is 2. The summed E-state index contributed by atoms with van der Waals surface area (Å²) in [6.45, 7) is 5.31. The number of thioether (sulfide) groups is 1. The molecule has 9 heteroatoms. The number of rotatable bonds is 6. The van der Waals surface area contributed by atoms with Crippen molar-refractivity contribution in [1.29, 1.82) is 0 Å². The maximum absolute atomic E-state index is 13.2. The van der Waals surface area contributed by atoms with E-state index in [0.717, 1.165) is 46.9 Å². The number of hydrogen-bond acceptors (Lipinski definition) is 7. The number of aromatic nitrogens is 1. The summed E-state index contributed by atoms with van der Waals surface area (Å²) in [7, 11) is 0. The normalized spacial score (nSPS) is 13.0. The van der Waals surface area contributed by atoms with Gasteiger partial charge in [0, 0.05) is 27.4 Å². The van der Waals surface area contributed by atoms with E-state index in [1.54, 1.807) is 28.0 Å². The van der Waals surface area contributed by atoms with E-state index in [4.69, 9.17) is 9.72 Å². The minimum atomic E-state index is -0.302. The number of amides is 2. The molecule has 0 atom stereocenters. The van der Waals surface area contributed by atoms with Crippen molar-refractivity contribution >= 4 is 61.7 Å². The van der Waals surface area contributed by atoms with Gasteiger partial charge in [-0.15, -0.1) is 34.4 Å². The number of thiazole rings is 1. The lowest BCUT2D eigenvalue weighted by molar-refractivity contribution is 0.102. The van der Waals surface area contributed by atoms with Crippen LogP contribution in [0.2, 0.25) is 0 Å². The summed E-state index contributed by atoms with van der Waals surface area (Å²) < 4.78 is 6.32. The summed E-state index contributed by atoms with van der Waals surface area (Å²) in [5.74, 6) is 0.835. The van der Waals surface area contributed by atoms with Crippen LogP contribution in [0.1, 0.15) is 34.6 Å². The Morgan fingerprint density at radius 2 is 1.91 bits per heavy atom. The zero-order valence-electron chi connectivity index (χ0n) is 19.5. The Labute approximate surface area is 216 Å². The van der Waals surface area contributed by atoms with Crippen LogP contribution in [-0.4, -0.2) is 40.8 Å². The molecule has 2 amide bonds. The van der Waals surface area contributed by atoms with Crippen LogP contribution in [0.5, 0.6) is 0 Å². The van der Waals surface area contributed by atoms with Crippen molar-refractivity contribution in [1.82, 2.24) is 9.88 Å². The first kappa shape index (κ1) is 23.8. The summed E-state index contributed by atoms with van der Waals surface area (Å²) in [5, 5.41) is 4.81. The van der Waals surface area contributed by atoms with Crippen LogP contribution in [0.3, 0.4) is 0 Å². The summed E-state index contributed by atoms with van der Waals surface area (Å²) in [5.41, 5.74) is 3.68. The van der Waals surface area contributed by atoms with Crippen molar-refractivity contribution in [2.24, 2.45) is 0 Å². The summed E-state index contributed by atoms with van der Waals surface area (Å²) in [6.07, 6.45) is 0.387. The van der Waals surface area contributed by atoms with Crippen molar-refractivity contribution in [3.8, 4) is 10.6 Å². The second-order valence-corrected chi connectivity index (χ2v) is 11.4. The van der Waals surface area contributed by atoms with Gasteiger partial charge in [0.05, 0.1) is 23.4 Å². The molecule has 5 rings (SSSR count). The van der Waals surface area contributed by atoms with Gasteiger partial charge >= 0.3 is 6.09 Å². The van der Waals surface area contributed by atoms with E-state index in [-0.39, 0.29) is 12.0 Å². The second kappa shape index (κ2) is 10.4. The van der Waals surface area contributed by atoms with E-state index < -0.39 is 0 Å². The van der Waals surface area contributed by atoms with E-state index in [1.807, 2.05) is 49.4 Å². The Hall–Kier alpha value is -2.88. The molecular weight excluding hydrogens is 499 g/mol. The van der Waals surface area contributed by atoms with Gasteiger partial charge in [0.25, 0.3) is 5.91 Å². The molecule has 2 aromatic heterocycles. The highest BCUT2D eigenvalue weighted by Crippen LogP contribution is 2.46. The largest absolute Gasteiger partial charge is 0.450 e. The molecule has 6 nitrogen and oxygen atoms in total. The van der Waals surface area contributed by atoms with E-state index in [1.165, 1.54) is 11.3 Å². The van der Waals surface area contributed by atoms with Crippen LogP contribution < -0.4 is 5.32 Å². The van der Waals surface area contributed by atoms with Gasteiger partial charge < -0.3 is 15.0 Å². The Kier molecular flexibility index (Phi) is 7.08. The van der Waals surface area contributed by atoms with Crippen molar-refractivity contribution in [2.75, 3.05) is 24.2 Å². The summed E-state index contributed by atoms with van der Waals surface area (Å²) in [4.78, 5) is 34.4. The molecule has 1 aliphatic heterocycles. The third kappa shape index (κ3) is 4.94. The predicted molar refractivity (Wildman–Crippen MR) is 145 cm³/mol. The molecule has 0 spiro atoms. The molecule has 0 unspecified atom stereocenters. The first-order chi connectivity index (χ1) is 17.1. The first-order valence-corrected chi connectivity index (χ1v) is 14.2. The molecule has 0 aliphatic carbocycles. The van der Waals surface area contributed by atoms with Gasteiger partial charge in [-0.05, 0) is 61.1 Å². The van der Waals surface area contributed by atoms with Gasteiger partial charge in [0.2, 0.25) is 0 Å². The number of carbonyl (C=O) groups is 2. The van der Waals surface area contributed by atoms with Gasteiger partial charge in [-0.1, -0.05) is 19.1 Å². The number of ether oxygens (including phenoxy) is 1. The molecule has 35 heavy (non-hydrogen) atoms. The SMILES string of the molecule is CCOC(=O)N1CCc2c(sc(NC(=O)c3ccc(SCC)cc3)c2-c2nc3ccccc3s2)C1. The van der Waals surface area contributed by atoms with E-state index in [9.17, 15) is 9.59 Å². The maximum atomic E-state index is 13.2. The smallest absolute Gasteiger partial charge is 0.410 e. The Morgan fingerprint density at radius 3 is 2.66 bits per heavy atom. The predicted octanol–water partition coefficient (Wildman–Crippen LogP) is 6.90. The Morgan fingerprint density at radius 1 is 1.11 bits per heavy atom. The number of fused-ring (bicyclic) bond motifs is 2. The fraction of sp³-hybridized carbons (Fsp3) is 0.269. The van der Waals surface area contributed by atoms with E-state index in [0.29, 0.717) is 31.7 Å². The minimum absolute atomic E-state index is 0.152. The van der Waals surface area contributed by atoms with Crippen LogP contribution in [0.4, 0.5) is 9.80 Å². The lowest BCUT2D eigenvalue weighted by atomic mass is 10.0. The van der Waals surface area contributed by atoms with Crippen molar-refractivity contribution in [3.05, 3.63) is 64.5 Å². The number of thiophene rings is 1. The molecule has 0 fully saturated rings. The minimum Gasteiger partial charge on any atom is -0.450 e. The summed E-state index contributed by atoms with van der Waals surface area (Å²) in [6, 6.07) is 15.7. The van der Waals surface area contributed by atoms with Gasteiger partial charge in [0.15, 0.2) is 0 Å². The average Bonchev–Trinajstić information content (AvgIpc) is 3.44. The zero-order chi connectivity index (χ0) is 24.4. The second-order valence-electron chi connectivity index (χ2n) is 7.98. The molecule has 180 valence electrons. The molecule has 0 bridgehead atoms. The zero-order valence-corrected chi connectivity index (χ0v) is 21.9.